The van der Waals surface area contributed by atoms with Gasteiger partial charge in [-0.15, -0.1) is 0 Å². The summed E-state index contributed by atoms with van der Waals surface area (Å²) >= 11 is 0. The third-order valence-corrected chi connectivity index (χ3v) is 4.23. The number of amides is 1. The first-order valence-corrected chi connectivity index (χ1v) is 8.40. The van der Waals surface area contributed by atoms with E-state index in [4.69, 9.17) is 9.47 Å². The summed E-state index contributed by atoms with van der Waals surface area (Å²) in [4.78, 5) is 18.3. The minimum Gasteiger partial charge on any atom is -0.494 e. The first-order valence-electron chi connectivity index (χ1n) is 8.40. The molecule has 2 aromatic carbocycles. The summed E-state index contributed by atoms with van der Waals surface area (Å²) < 4.78 is 23.9. The minimum absolute atomic E-state index is 0.303. The third-order valence-electron chi connectivity index (χ3n) is 4.23. The van der Waals surface area contributed by atoms with Gasteiger partial charge in [-0.25, -0.2) is 14.2 Å². The molecule has 0 atom stereocenters. The number of carbonyl (C=O) groups excluding carboxylic acids is 1. The molecule has 0 saturated heterocycles. The van der Waals surface area contributed by atoms with E-state index in [9.17, 15) is 9.18 Å². The van der Waals surface area contributed by atoms with Crippen molar-refractivity contribution >= 4 is 17.0 Å². The third kappa shape index (κ3) is 3.18. The lowest BCUT2D eigenvalue weighted by atomic mass is 10.1. The number of hydrogen-bond acceptors (Lipinski definition) is 4. The maximum Gasteiger partial charge on any atom is 0.417 e. The molecule has 0 spiro atoms. The highest BCUT2D eigenvalue weighted by atomic mass is 19.1. The Hall–Kier alpha value is -3.15. The highest BCUT2D eigenvalue weighted by Gasteiger charge is 2.26. The SMILES string of the molecule is CCOc1ccc2cc3c(nc2c1)OC(=O)N(Cc1ccc(F)cc1)C3. The van der Waals surface area contributed by atoms with Crippen LogP contribution in [0.5, 0.6) is 11.6 Å². The Labute approximate surface area is 150 Å². The average molecular weight is 352 g/mol. The van der Waals surface area contributed by atoms with E-state index in [1.807, 2.05) is 31.2 Å². The number of fused-ring (bicyclic) bond motifs is 2. The number of halogens is 1. The average Bonchev–Trinajstić information content (AvgIpc) is 2.63. The van der Waals surface area contributed by atoms with Gasteiger partial charge in [-0.05, 0) is 42.8 Å². The number of pyridine rings is 1. The van der Waals surface area contributed by atoms with E-state index in [1.54, 1.807) is 17.0 Å². The summed E-state index contributed by atoms with van der Waals surface area (Å²) in [7, 11) is 0. The van der Waals surface area contributed by atoms with Crippen molar-refractivity contribution in [1.29, 1.82) is 0 Å². The van der Waals surface area contributed by atoms with Crippen molar-refractivity contribution in [2.75, 3.05) is 6.61 Å². The van der Waals surface area contributed by atoms with Crippen LogP contribution in [0.15, 0.2) is 48.5 Å². The number of rotatable bonds is 4. The molecule has 1 aliphatic heterocycles. The van der Waals surface area contributed by atoms with E-state index < -0.39 is 6.09 Å². The van der Waals surface area contributed by atoms with Gasteiger partial charge in [-0.1, -0.05) is 12.1 Å². The molecule has 0 aliphatic carbocycles. The van der Waals surface area contributed by atoms with Gasteiger partial charge >= 0.3 is 6.09 Å². The second-order valence-electron chi connectivity index (χ2n) is 6.09. The maximum absolute atomic E-state index is 13.0. The van der Waals surface area contributed by atoms with Gasteiger partial charge in [0.15, 0.2) is 0 Å². The van der Waals surface area contributed by atoms with Crippen molar-refractivity contribution in [2.45, 2.75) is 20.0 Å². The van der Waals surface area contributed by atoms with E-state index >= 15 is 0 Å². The molecule has 3 aromatic rings. The molecular formula is C20H17FN2O3. The molecule has 0 bridgehead atoms. The molecular weight excluding hydrogens is 335 g/mol. The van der Waals surface area contributed by atoms with Gasteiger partial charge in [0.25, 0.3) is 0 Å². The fourth-order valence-corrected chi connectivity index (χ4v) is 2.98. The molecule has 0 N–H and O–H groups in total. The highest BCUT2D eigenvalue weighted by molar-refractivity contribution is 5.83. The number of hydrogen-bond donors (Lipinski definition) is 0. The van der Waals surface area contributed by atoms with Gasteiger partial charge in [-0.2, -0.15) is 0 Å². The molecule has 1 aromatic heterocycles. The Kier molecular flexibility index (Phi) is 4.16. The molecule has 0 fully saturated rings. The topological polar surface area (TPSA) is 51.7 Å². The summed E-state index contributed by atoms with van der Waals surface area (Å²) in [6, 6.07) is 13.7. The van der Waals surface area contributed by atoms with Crippen LogP contribution >= 0.6 is 0 Å². The van der Waals surface area contributed by atoms with E-state index in [2.05, 4.69) is 4.98 Å². The summed E-state index contributed by atoms with van der Waals surface area (Å²) in [5.41, 5.74) is 2.39. The first kappa shape index (κ1) is 16.3. The van der Waals surface area contributed by atoms with Crippen molar-refractivity contribution in [3.05, 3.63) is 65.5 Å². The molecule has 26 heavy (non-hydrogen) atoms. The molecule has 0 radical (unpaired) electrons. The van der Waals surface area contributed by atoms with E-state index in [0.717, 1.165) is 27.8 Å². The predicted octanol–water partition coefficient (Wildman–Crippen LogP) is 4.29. The molecule has 5 nitrogen and oxygen atoms in total. The highest BCUT2D eigenvalue weighted by Crippen LogP contribution is 2.30. The number of carbonyl (C=O) groups is 1. The lowest BCUT2D eigenvalue weighted by Crippen LogP contribution is -2.36. The summed E-state index contributed by atoms with van der Waals surface area (Å²) in [6.45, 7) is 3.23. The van der Waals surface area contributed by atoms with Crippen LogP contribution in [0.1, 0.15) is 18.1 Å². The Morgan fingerprint density at radius 2 is 2.00 bits per heavy atom. The lowest BCUT2D eigenvalue weighted by molar-refractivity contribution is 0.133. The largest absolute Gasteiger partial charge is 0.494 e. The standard InChI is InChI=1S/C20H17FN2O3/c1-2-25-17-8-5-14-9-15-12-23(11-13-3-6-16(21)7-4-13)20(24)26-19(15)22-18(14)10-17/h3-10H,2,11-12H2,1H3. The Morgan fingerprint density at radius 3 is 2.77 bits per heavy atom. The number of benzene rings is 2. The summed E-state index contributed by atoms with van der Waals surface area (Å²) in [6.07, 6.45) is -0.463. The van der Waals surface area contributed by atoms with Gasteiger partial charge in [0.2, 0.25) is 5.88 Å². The lowest BCUT2D eigenvalue weighted by Gasteiger charge is -2.27. The zero-order valence-corrected chi connectivity index (χ0v) is 14.2. The normalized spacial score (nSPS) is 13.5. The van der Waals surface area contributed by atoms with Crippen molar-refractivity contribution in [2.24, 2.45) is 0 Å². The van der Waals surface area contributed by atoms with Crippen LogP contribution in [-0.4, -0.2) is 22.6 Å². The second kappa shape index (κ2) is 6.63. The van der Waals surface area contributed by atoms with Crippen molar-refractivity contribution < 1.29 is 18.7 Å². The molecule has 6 heteroatoms. The van der Waals surface area contributed by atoms with Crippen molar-refractivity contribution in [3.63, 3.8) is 0 Å². The number of ether oxygens (including phenoxy) is 2. The molecule has 1 aliphatic rings. The molecule has 4 rings (SSSR count). The Morgan fingerprint density at radius 1 is 1.19 bits per heavy atom. The van der Waals surface area contributed by atoms with Crippen LogP contribution < -0.4 is 9.47 Å². The quantitative estimate of drug-likeness (QED) is 0.703. The summed E-state index contributed by atoms with van der Waals surface area (Å²) in [5.74, 6) is 0.751. The molecule has 1 amide bonds. The Bertz CT molecular complexity index is 973. The molecule has 0 unspecified atom stereocenters. The van der Waals surface area contributed by atoms with Crippen molar-refractivity contribution in [1.82, 2.24) is 9.88 Å². The van der Waals surface area contributed by atoms with Crippen LogP contribution in [0.4, 0.5) is 9.18 Å². The fourth-order valence-electron chi connectivity index (χ4n) is 2.98. The van der Waals surface area contributed by atoms with E-state index in [0.29, 0.717) is 25.6 Å². The van der Waals surface area contributed by atoms with Gasteiger partial charge in [-0.3, -0.25) is 4.90 Å². The van der Waals surface area contributed by atoms with Crippen LogP contribution in [-0.2, 0) is 13.1 Å². The van der Waals surface area contributed by atoms with Gasteiger partial charge < -0.3 is 9.47 Å². The number of nitrogens with zero attached hydrogens (tertiary/aromatic N) is 2. The zero-order chi connectivity index (χ0) is 18.1. The smallest absolute Gasteiger partial charge is 0.417 e. The van der Waals surface area contributed by atoms with E-state index in [-0.39, 0.29) is 5.82 Å². The predicted molar refractivity (Wildman–Crippen MR) is 94.6 cm³/mol. The van der Waals surface area contributed by atoms with Gasteiger partial charge in [0.1, 0.15) is 11.6 Å². The molecule has 0 saturated carbocycles. The van der Waals surface area contributed by atoms with Gasteiger partial charge in [0, 0.05) is 23.6 Å². The van der Waals surface area contributed by atoms with Crippen LogP contribution in [0.2, 0.25) is 0 Å². The van der Waals surface area contributed by atoms with Crippen molar-refractivity contribution in [3.8, 4) is 11.6 Å². The second-order valence-corrected chi connectivity index (χ2v) is 6.09. The fraction of sp³-hybridized carbons (Fsp3) is 0.200. The monoisotopic (exact) mass is 352 g/mol. The Balaban J connectivity index is 1.61. The maximum atomic E-state index is 13.0. The molecule has 2 heterocycles. The zero-order valence-electron chi connectivity index (χ0n) is 14.2. The van der Waals surface area contributed by atoms with Crippen LogP contribution in [0, 0.1) is 5.82 Å². The van der Waals surface area contributed by atoms with E-state index in [1.165, 1.54) is 12.1 Å². The van der Waals surface area contributed by atoms with Crippen LogP contribution in [0.25, 0.3) is 10.9 Å². The minimum atomic E-state index is -0.463. The van der Waals surface area contributed by atoms with Gasteiger partial charge in [0.05, 0.1) is 18.7 Å². The first-order chi connectivity index (χ1) is 12.6. The van der Waals surface area contributed by atoms with Crippen LogP contribution in [0.3, 0.4) is 0 Å². The number of aromatic nitrogens is 1. The molecule has 132 valence electrons. The summed E-state index contributed by atoms with van der Waals surface area (Å²) in [5, 5.41) is 0.951.